The third-order valence-corrected chi connectivity index (χ3v) is 4.41. The lowest BCUT2D eigenvalue weighted by Gasteiger charge is -2.34. The molecule has 1 aliphatic carbocycles. The number of rotatable bonds is 3. The van der Waals surface area contributed by atoms with Crippen molar-refractivity contribution in [2.75, 3.05) is 6.54 Å². The molecular formula is C14H23ClN4O2. The minimum atomic E-state index is -0.401. The van der Waals surface area contributed by atoms with Crippen LogP contribution in [-0.4, -0.2) is 27.5 Å². The Bertz CT molecular complexity index is 487. The fourth-order valence-corrected chi connectivity index (χ4v) is 2.85. The molecule has 1 saturated carbocycles. The van der Waals surface area contributed by atoms with E-state index in [4.69, 9.17) is 10.3 Å². The molecule has 1 aliphatic heterocycles. The van der Waals surface area contributed by atoms with Gasteiger partial charge in [0.1, 0.15) is 0 Å². The predicted molar refractivity (Wildman–Crippen MR) is 79.8 cm³/mol. The SMILES string of the molecule is Cl.NC1(c2noc(CN3CCCCCCC3=O)n2)CCC1. The molecule has 3 rings (SSSR count). The normalized spacial score (nSPS) is 22.0. The molecule has 0 aromatic carbocycles. The second-order valence-electron chi connectivity index (χ2n) is 6.00. The molecular weight excluding hydrogens is 292 g/mol. The van der Waals surface area contributed by atoms with Crippen molar-refractivity contribution in [3.05, 3.63) is 11.7 Å². The summed E-state index contributed by atoms with van der Waals surface area (Å²) in [5.41, 5.74) is 5.78. The molecule has 2 fully saturated rings. The summed E-state index contributed by atoms with van der Waals surface area (Å²) in [6.07, 6.45) is 7.94. The molecule has 0 unspecified atom stereocenters. The zero-order chi connectivity index (χ0) is 14.0. The van der Waals surface area contributed by atoms with Gasteiger partial charge >= 0.3 is 0 Å². The molecule has 0 spiro atoms. The van der Waals surface area contributed by atoms with Crippen LogP contribution in [0.3, 0.4) is 0 Å². The van der Waals surface area contributed by atoms with Crippen LogP contribution in [0.5, 0.6) is 0 Å². The first-order valence-electron chi connectivity index (χ1n) is 7.57. The van der Waals surface area contributed by atoms with Crippen LogP contribution in [-0.2, 0) is 16.9 Å². The van der Waals surface area contributed by atoms with Crippen LogP contribution in [0, 0.1) is 0 Å². The van der Waals surface area contributed by atoms with Crippen LogP contribution < -0.4 is 5.73 Å². The topological polar surface area (TPSA) is 85.2 Å². The number of amides is 1. The third kappa shape index (κ3) is 3.55. The Balaban J connectivity index is 0.00000161. The number of halogens is 1. The molecule has 21 heavy (non-hydrogen) atoms. The number of carbonyl (C=O) groups excluding carboxylic acids is 1. The minimum Gasteiger partial charge on any atom is -0.337 e. The van der Waals surface area contributed by atoms with Gasteiger partial charge in [-0.2, -0.15) is 4.98 Å². The van der Waals surface area contributed by atoms with Crippen LogP contribution in [0.4, 0.5) is 0 Å². The highest BCUT2D eigenvalue weighted by atomic mass is 35.5. The molecule has 0 radical (unpaired) electrons. The highest BCUT2D eigenvalue weighted by molar-refractivity contribution is 5.85. The second-order valence-corrected chi connectivity index (χ2v) is 6.00. The predicted octanol–water partition coefficient (Wildman–Crippen LogP) is 2.12. The number of nitrogens with zero attached hydrogens (tertiary/aromatic N) is 3. The maximum atomic E-state index is 12.1. The van der Waals surface area contributed by atoms with Crippen LogP contribution in [0.1, 0.15) is 63.1 Å². The highest BCUT2D eigenvalue weighted by Gasteiger charge is 2.39. The summed E-state index contributed by atoms with van der Waals surface area (Å²) in [6.45, 7) is 1.20. The van der Waals surface area contributed by atoms with Crippen molar-refractivity contribution in [3.63, 3.8) is 0 Å². The molecule has 7 heteroatoms. The maximum absolute atomic E-state index is 12.1. The lowest BCUT2D eigenvalue weighted by molar-refractivity contribution is -0.132. The number of likely N-dealkylation sites (tertiary alicyclic amines) is 1. The van der Waals surface area contributed by atoms with E-state index < -0.39 is 5.54 Å². The molecule has 2 heterocycles. The summed E-state index contributed by atoms with van der Waals surface area (Å²) in [7, 11) is 0. The van der Waals surface area contributed by atoms with Gasteiger partial charge in [-0.25, -0.2) is 0 Å². The van der Waals surface area contributed by atoms with Gasteiger partial charge in [-0.15, -0.1) is 12.4 Å². The van der Waals surface area contributed by atoms with Gasteiger partial charge in [-0.05, 0) is 32.1 Å². The number of hydrogen-bond donors (Lipinski definition) is 1. The van der Waals surface area contributed by atoms with Crippen molar-refractivity contribution in [2.24, 2.45) is 5.73 Å². The van der Waals surface area contributed by atoms with Crippen molar-refractivity contribution < 1.29 is 9.32 Å². The summed E-state index contributed by atoms with van der Waals surface area (Å²) < 4.78 is 5.27. The van der Waals surface area contributed by atoms with E-state index in [1.807, 2.05) is 4.90 Å². The first-order chi connectivity index (χ1) is 9.67. The van der Waals surface area contributed by atoms with Crippen molar-refractivity contribution in [2.45, 2.75) is 63.5 Å². The number of aromatic nitrogens is 2. The van der Waals surface area contributed by atoms with Gasteiger partial charge in [0.05, 0.1) is 12.1 Å². The van der Waals surface area contributed by atoms with Crippen molar-refractivity contribution in [3.8, 4) is 0 Å². The smallest absolute Gasteiger partial charge is 0.246 e. The van der Waals surface area contributed by atoms with Crippen LogP contribution in [0.25, 0.3) is 0 Å². The third-order valence-electron chi connectivity index (χ3n) is 4.41. The monoisotopic (exact) mass is 314 g/mol. The lowest BCUT2D eigenvalue weighted by Crippen LogP contribution is -2.44. The summed E-state index contributed by atoms with van der Waals surface area (Å²) >= 11 is 0. The van der Waals surface area contributed by atoms with Crippen molar-refractivity contribution in [1.82, 2.24) is 15.0 Å². The summed E-state index contributed by atoms with van der Waals surface area (Å²) in [6, 6.07) is 0. The Hall–Kier alpha value is -1.14. The second kappa shape index (κ2) is 6.75. The Kier molecular flexibility index (Phi) is 5.22. The van der Waals surface area contributed by atoms with Gasteiger partial charge in [0.2, 0.25) is 11.8 Å². The van der Waals surface area contributed by atoms with Gasteiger partial charge in [-0.1, -0.05) is 18.0 Å². The summed E-state index contributed by atoms with van der Waals surface area (Å²) in [4.78, 5) is 18.3. The fraction of sp³-hybridized carbons (Fsp3) is 0.786. The molecule has 2 aliphatic rings. The van der Waals surface area contributed by atoms with E-state index in [1.165, 1.54) is 6.42 Å². The van der Waals surface area contributed by atoms with Crippen LogP contribution in [0.2, 0.25) is 0 Å². The van der Waals surface area contributed by atoms with Crippen molar-refractivity contribution >= 4 is 18.3 Å². The number of nitrogens with two attached hydrogens (primary N) is 1. The average Bonchev–Trinajstić information content (AvgIpc) is 2.84. The van der Waals surface area contributed by atoms with E-state index in [2.05, 4.69) is 10.1 Å². The van der Waals surface area contributed by atoms with Gasteiger partial charge in [0.15, 0.2) is 5.82 Å². The van der Waals surface area contributed by atoms with Crippen molar-refractivity contribution in [1.29, 1.82) is 0 Å². The molecule has 2 N–H and O–H groups in total. The molecule has 118 valence electrons. The van der Waals surface area contributed by atoms with E-state index in [0.717, 1.165) is 45.1 Å². The highest BCUT2D eigenvalue weighted by Crippen LogP contribution is 2.36. The van der Waals surface area contributed by atoms with Crippen LogP contribution in [0.15, 0.2) is 4.52 Å². The van der Waals surface area contributed by atoms with E-state index in [-0.39, 0.29) is 18.3 Å². The molecule has 1 amide bonds. The van der Waals surface area contributed by atoms with Gasteiger partial charge in [-0.3, -0.25) is 4.79 Å². The Labute approximate surface area is 130 Å². The first-order valence-corrected chi connectivity index (χ1v) is 7.57. The number of carbonyl (C=O) groups is 1. The fourth-order valence-electron chi connectivity index (χ4n) is 2.85. The zero-order valence-electron chi connectivity index (χ0n) is 12.2. The van der Waals surface area contributed by atoms with Crippen LogP contribution >= 0.6 is 12.4 Å². The quantitative estimate of drug-likeness (QED) is 0.923. The molecule has 1 saturated heterocycles. The Morgan fingerprint density at radius 3 is 2.67 bits per heavy atom. The van der Waals surface area contributed by atoms with E-state index in [9.17, 15) is 4.79 Å². The minimum absolute atomic E-state index is 0. The van der Waals surface area contributed by atoms with Gasteiger partial charge in [0, 0.05) is 13.0 Å². The number of hydrogen-bond acceptors (Lipinski definition) is 5. The zero-order valence-corrected chi connectivity index (χ0v) is 13.0. The molecule has 1 aromatic heterocycles. The Morgan fingerprint density at radius 2 is 1.95 bits per heavy atom. The van der Waals surface area contributed by atoms with Gasteiger partial charge < -0.3 is 15.2 Å². The largest absolute Gasteiger partial charge is 0.337 e. The molecule has 0 atom stereocenters. The maximum Gasteiger partial charge on any atom is 0.246 e. The molecule has 1 aromatic rings. The summed E-state index contributed by atoms with van der Waals surface area (Å²) in [5, 5.41) is 3.99. The standard InChI is InChI=1S/C14H22N4O2.ClH/c15-14(7-5-8-14)13-16-11(20-17-13)10-18-9-4-2-1-3-6-12(18)19;/h1-10,15H2;1H. The lowest BCUT2D eigenvalue weighted by atomic mass is 9.77. The molecule has 6 nitrogen and oxygen atoms in total. The first kappa shape index (κ1) is 16.2. The molecule has 0 bridgehead atoms. The van der Waals surface area contributed by atoms with E-state index in [0.29, 0.717) is 24.7 Å². The summed E-state index contributed by atoms with van der Waals surface area (Å²) in [5.74, 6) is 1.29. The van der Waals surface area contributed by atoms with E-state index >= 15 is 0 Å². The van der Waals surface area contributed by atoms with Gasteiger partial charge in [0.25, 0.3) is 0 Å². The average molecular weight is 315 g/mol. The van der Waals surface area contributed by atoms with E-state index in [1.54, 1.807) is 0 Å². The Morgan fingerprint density at radius 1 is 1.19 bits per heavy atom.